The third-order valence-corrected chi connectivity index (χ3v) is 4.55. The van der Waals surface area contributed by atoms with E-state index < -0.39 is 5.97 Å². The molecular weight excluding hydrogens is 268 g/mol. The van der Waals surface area contributed by atoms with Crippen LogP contribution in [0, 0.1) is 23.7 Å². The van der Waals surface area contributed by atoms with Gasteiger partial charge in [0.15, 0.2) is 0 Å². The van der Waals surface area contributed by atoms with Crippen LogP contribution in [0.3, 0.4) is 0 Å². The van der Waals surface area contributed by atoms with E-state index in [1.807, 2.05) is 6.92 Å². The van der Waals surface area contributed by atoms with Crippen LogP contribution in [0.5, 0.6) is 0 Å². The zero-order valence-corrected chi connectivity index (χ0v) is 13.9. The molecule has 124 valence electrons. The summed E-state index contributed by atoms with van der Waals surface area (Å²) in [6.45, 7) is 9.35. The highest BCUT2D eigenvalue weighted by Gasteiger charge is 2.24. The van der Waals surface area contributed by atoms with E-state index in [1.165, 1.54) is 0 Å². The molecule has 0 aliphatic carbocycles. The van der Waals surface area contributed by atoms with E-state index in [4.69, 9.17) is 10.8 Å². The molecule has 4 unspecified atom stereocenters. The van der Waals surface area contributed by atoms with Gasteiger partial charge in [0.2, 0.25) is 5.91 Å². The molecule has 0 aliphatic heterocycles. The van der Waals surface area contributed by atoms with Gasteiger partial charge in [-0.05, 0) is 36.6 Å². The van der Waals surface area contributed by atoms with E-state index in [-0.39, 0.29) is 24.2 Å². The quantitative estimate of drug-likeness (QED) is 0.545. The molecule has 0 rings (SSSR count). The van der Waals surface area contributed by atoms with E-state index in [2.05, 4.69) is 26.1 Å². The van der Waals surface area contributed by atoms with Crippen LogP contribution < -0.4 is 11.1 Å². The molecule has 1 amide bonds. The lowest BCUT2D eigenvalue weighted by Gasteiger charge is -2.27. The molecule has 0 saturated heterocycles. The van der Waals surface area contributed by atoms with Crippen LogP contribution in [-0.2, 0) is 9.59 Å². The molecule has 0 radical (unpaired) electrons. The minimum absolute atomic E-state index is 0.0120. The normalized spacial score (nSPS) is 16.8. The highest BCUT2D eigenvalue weighted by Crippen LogP contribution is 2.25. The third-order valence-electron chi connectivity index (χ3n) is 4.55. The van der Waals surface area contributed by atoms with Gasteiger partial charge in [0.05, 0.1) is 6.42 Å². The molecular formula is C16H32N2O3. The predicted octanol–water partition coefficient (Wildman–Crippen LogP) is 2.25. The molecule has 0 aromatic carbocycles. The van der Waals surface area contributed by atoms with Crippen molar-refractivity contribution in [2.24, 2.45) is 29.4 Å². The highest BCUT2D eigenvalue weighted by atomic mass is 16.4. The van der Waals surface area contributed by atoms with Crippen molar-refractivity contribution >= 4 is 11.9 Å². The molecule has 5 heteroatoms. The summed E-state index contributed by atoms with van der Waals surface area (Å²) < 4.78 is 0. The van der Waals surface area contributed by atoms with E-state index in [0.29, 0.717) is 31.3 Å². The first kappa shape index (κ1) is 19.9. The van der Waals surface area contributed by atoms with Crippen molar-refractivity contribution in [3.05, 3.63) is 0 Å². The minimum atomic E-state index is -0.804. The fraction of sp³-hybridized carbons (Fsp3) is 0.875. The van der Waals surface area contributed by atoms with E-state index >= 15 is 0 Å². The summed E-state index contributed by atoms with van der Waals surface area (Å²) >= 11 is 0. The monoisotopic (exact) mass is 300 g/mol. The minimum Gasteiger partial charge on any atom is -0.481 e. The van der Waals surface area contributed by atoms with Crippen molar-refractivity contribution in [2.45, 2.75) is 53.4 Å². The Morgan fingerprint density at radius 1 is 1.24 bits per heavy atom. The fourth-order valence-corrected chi connectivity index (χ4v) is 2.33. The molecule has 0 bridgehead atoms. The topological polar surface area (TPSA) is 92.4 Å². The van der Waals surface area contributed by atoms with E-state index in [9.17, 15) is 9.59 Å². The lowest BCUT2D eigenvalue weighted by atomic mass is 9.80. The molecule has 5 nitrogen and oxygen atoms in total. The van der Waals surface area contributed by atoms with Gasteiger partial charge in [0, 0.05) is 13.0 Å². The Balaban J connectivity index is 4.34. The first-order valence-corrected chi connectivity index (χ1v) is 8.00. The number of nitrogens with one attached hydrogen (secondary N) is 1. The molecule has 0 heterocycles. The molecule has 0 spiro atoms. The Kier molecular flexibility index (Phi) is 10.0. The van der Waals surface area contributed by atoms with Crippen LogP contribution in [0.2, 0.25) is 0 Å². The van der Waals surface area contributed by atoms with Crippen LogP contribution in [0.25, 0.3) is 0 Å². The van der Waals surface area contributed by atoms with Gasteiger partial charge in [0.25, 0.3) is 0 Å². The number of hydrogen-bond acceptors (Lipinski definition) is 3. The van der Waals surface area contributed by atoms with Gasteiger partial charge in [-0.1, -0.05) is 34.1 Å². The number of carbonyl (C=O) groups is 2. The number of nitrogens with two attached hydrogens (primary N) is 1. The summed E-state index contributed by atoms with van der Waals surface area (Å²) in [4.78, 5) is 22.8. The summed E-state index contributed by atoms with van der Waals surface area (Å²) in [5, 5.41) is 11.9. The average Bonchev–Trinajstić information content (AvgIpc) is 2.46. The molecule has 0 saturated carbocycles. The van der Waals surface area contributed by atoms with Crippen molar-refractivity contribution in [3.63, 3.8) is 0 Å². The average molecular weight is 300 g/mol. The van der Waals surface area contributed by atoms with Gasteiger partial charge in [-0.15, -0.1) is 0 Å². The molecule has 0 fully saturated rings. The van der Waals surface area contributed by atoms with Crippen LogP contribution in [0.4, 0.5) is 0 Å². The highest BCUT2D eigenvalue weighted by molar-refractivity contribution is 5.76. The molecule has 4 atom stereocenters. The van der Waals surface area contributed by atoms with Gasteiger partial charge in [-0.2, -0.15) is 0 Å². The Hall–Kier alpha value is -1.10. The van der Waals surface area contributed by atoms with Crippen molar-refractivity contribution < 1.29 is 14.7 Å². The third kappa shape index (κ3) is 8.71. The number of amides is 1. The number of hydrogen-bond donors (Lipinski definition) is 3. The summed E-state index contributed by atoms with van der Waals surface area (Å²) in [5.41, 5.74) is 5.53. The van der Waals surface area contributed by atoms with Crippen molar-refractivity contribution in [2.75, 3.05) is 13.1 Å². The number of rotatable bonds is 11. The Morgan fingerprint density at radius 2 is 1.86 bits per heavy atom. The van der Waals surface area contributed by atoms with E-state index in [0.717, 1.165) is 12.8 Å². The lowest BCUT2D eigenvalue weighted by Crippen LogP contribution is -2.35. The number of carbonyl (C=O) groups excluding carboxylic acids is 1. The first-order chi connectivity index (χ1) is 9.81. The Labute approximate surface area is 128 Å². The lowest BCUT2D eigenvalue weighted by molar-refractivity contribution is -0.139. The van der Waals surface area contributed by atoms with Gasteiger partial charge in [0.1, 0.15) is 0 Å². The van der Waals surface area contributed by atoms with Crippen molar-refractivity contribution in [3.8, 4) is 0 Å². The van der Waals surface area contributed by atoms with Crippen LogP contribution in [-0.4, -0.2) is 30.1 Å². The standard InChI is InChI=1S/C16H32N2O3/c1-5-12(3)13(4)14(8-16(20)21)10-18-15(19)7-6-11(2)9-17/h11-14H,5-10,17H2,1-4H3,(H,18,19)(H,20,21). The largest absolute Gasteiger partial charge is 0.481 e. The van der Waals surface area contributed by atoms with E-state index in [1.54, 1.807) is 0 Å². The fourth-order valence-electron chi connectivity index (χ4n) is 2.33. The number of carboxylic acid groups (broad SMARTS) is 1. The second kappa shape index (κ2) is 10.6. The Morgan fingerprint density at radius 3 is 2.33 bits per heavy atom. The van der Waals surface area contributed by atoms with Crippen LogP contribution in [0.15, 0.2) is 0 Å². The zero-order chi connectivity index (χ0) is 16.4. The Bertz CT molecular complexity index is 321. The zero-order valence-electron chi connectivity index (χ0n) is 13.9. The van der Waals surface area contributed by atoms with Crippen LogP contribution >= 0.6 is 0 Å². The maximum atomic E-state index is 11.8. The smallest absolute Gasteiger partial charge is 0.303 e. The summed E-state index contributed by atoms with van der Waals surface area (Å²) in [5.74, 6) is 0.221. The second-order valence-corrected chi connectivity index (χ2v) is 6.29. The van der Waals surface area contributed by atoms with Gasteiger partial charge >= 0.3 is 5.97 Å². The van der Waals surface area contributed by atoms with Gasteiger partial charge in [-0.3, -0.25) is 9.59 Å². The maximum Gasteiger partial charge on any atom is 0.303 e. The van der Waals surface area contributed by atoms with Crippen molar-refractivity contribution in [1.29, 1.82) is 0 Å². The number of carboxylic acids is 1. The summed E-state index contributed by atoms with van der Waals surface area (Å²) in [7, 11) is 0. The van der Waals surface area contributed by atoms with Crippen LogP contribution in [0.1, 0.15) is 53.4 Å². The SMILES string of the molecule is CCC(C)C(C)C(CNC(=O)CCC(C)CN)CC(=O)O. The molecule has 0 aromatic rings. The summed E-state index contributed by atoms with van der Waals surface area (Å²) in [6.07, 6.45) is 2.34. The molecule has 0 aliphatic rings. The first-order valence-electron chi connectivity index (χ1n) is 8.00. The maximum absolute atomic E-state index is 11.8. The van der Waals surface area contributed by atoms with Gasteiger partial charge in [-0.25, -0.2) is 0 Å². The summed E-state index contributed by atoms with van der Waals surface area (Å²) in [6, 6.07) is 0. The van der Waals surface area contributed by atoms with Crippen molar-refractivity contribution in [1.82, 2.24) is 5.32 Å². The molecule has 0 aromatic heterocycles. The second-order valence-electron chi connectivity index (χ2n) is 6.29. The molecule has 4 N–H and O–H groups in total. The number of aliphatic carboxylic acids is 1. The van der Waals surface area contributed by atoms with Gasteiger partial charge < -0.3 is 16.2 Å². The molecule has 21 heavy (non-hydrogen) atoms. The predicted molar refractivity (Wildman–Crippen MR) is 84.8 cm³/mol.